The van der Waals surface area contributed by atoms with Crippen LogP contribution in [-0.4, -0.2) is 37.7 Å². The number of halogens is 1. The van der Waals surface area contributed by atoms with Gasteiger partial charge in [-0.2, -0.15) is 0 Å². The third-order valence-electron chi connectivity index (χ3n) is 3.40. The maximum absolute atomic E-state index is 5.68. The van der Waals surface area contributed by atoms with Gasteiger partial charge in [-0.25, -0.2) is 9.98 Å². The number of guanidine groups is 1. The van der Waals surface area contributed by atoms with Crippen LogP contribution in [0.25, 0.3) is 0 Å². The third kappa shape index (κ3) is 8.37. The average Bonchev–Trinajstić information content (AvgIpc) is 2.67. The van der Waals surface area contributed by atoms with E-state index in [1.165, 1.54) is 0 Å². The molecular formula is C19H27IN4O2. The molecule has 1 aromatic heterocycles. The maximum Gasteiger partial charge on any atom is 0.212 e. The van der Waals surface area contributed by atoms with Gasteiger partial charge in [0.25, 0.3) is 0 Å². The monoisotopic (exact) mass is 470 g/mol. The highest BCUT2D eigenvalue weighted by Gasteiger charge is 1.99. The number of pyridine rings is 1. The second-order valence-corrected chi connectivity index (χ2v) is 5.35. The lowest BCUT2D eigenvalue weighted by atomic mass is 10.3. The molecule has 1 heterocycles. The highest BCUT2D eigenvalue weighted by Crippen LogP contribution is 2.08. The number of para-hydroxylation sites is 1. The van der Waals surface area contributed by atoms with Gasteiger partial charge in [0.05, 0.1) is 20.3 Å². The topological polar surface area (TPSA) is 67.8 Å². The minimum atomic E-state index is 0. The van der Waals surface area contributed by atoms with Gasteiger partial charge >= 0.3 is 0 Å². The fraction of sp³-hybridized carbons (Fsp3) is 0.368. The van der Waals surface area contributed by atoms with Gasteiger partial charge < -0.3 is 20.1 Å². The molecule has 0 saturated heterocycles. The van der Waals surface area contributed by atoms with Crippen LogP contribution in [0.1, 0.15) is 18.9 Å². The quantitative estimate of drug-likeness (QED) is 0.255. The molecule has 0 bridgehead atoms. The Hall–Kier alpha value is -2.03. The van der Waals surface area contributed by atoms with Gasteiger partial charge in [-0.05, 0) is 31.0 Å². The zero-order chi connectivity index (χ0) is 17.7. The van der Waals surface area contributed by atoms with Crippen molar-refractivity contribution in [2.75, 3.05) is 26.8 Å². The van der Waals surface area contributed by atoms with E-state index >= 15 is 0 Å². The number of aromatic nitrogens is 1. The predicted octanol–water partition coefficient (Wildman–Crippen LogP) is 3.23. The molecule has 2 aromatic rings. The lowest BCUT2D eigenvalue weighted by Gasteiger charge is -2.12. The first-order valence-electron chi connectivity index (χ1n) is 8.50. The molecule has 0 amide bonds. The Bertz CT molecular complexity index is 636. The van der Waals surface area contributed by atoms with Gasteiger partial charge in [-0.3, -0.25) is 0 Å². The molecule has 0 aliphatic heterocycles. The summed E-state index contributed by atoms with van der Waals surface area (Å²) < 4.78 is 10.7. The Kier molecular flexibility index (Phi) is 11.2. The van der Waals surface area contributed by atoms with Crippen molar-refractivity contribution in [1.29, 1.82) is 0 Å². The number of nitrogens with one attached hydrogen (secondary N) is 2. The fourth-order valence-electron chi connectivity index (χ4n) is 2.12. The van der Waals surface area contributed by atoms with Crippen molar-refractivity contribution in [3.63, 3.8) is 0 Å². The average molecular weight is 470 g/mol. The van der Waals surface area contributed by atoms with Gasteiger partial charge in [-0.15, -0.1) is 24.0 Å². The molecule has 7 heteroatoms. The van der Waals surface area contributed by atoms with Crippen molar-refractivity contribution < 1.29 is 9.47 Å². The van der Waals surface area contributed by atoms with Gasteiger partial charge in [0.2, 0.25) is 5.88 Å². The van der Waals surface area contributed by atoms with E-state index in [0.29, 0.717) is 19.0 Å². The van der Waals surface area contributed by atoms with Crippen LogP contribution in [0, 0.1) is 0 Å². The molecule has 0 spiro atoms. The van der Waals surface area contributed by atoms with E-state index in [0.717, 1.165) is 36.8 Å². The summed E-state index contributed by atoms with van der Waals surface area (Å²) in [6, 6.07) is 13.6. The summed E-state index contributed by atoms with van der Waals surface area (Å²) >= 11 is 0. The fourth-order valence-corrected chi connectivity index (χ4v) is 2.12. The minimum absolute atomic E-state index is 0. The smallest absolute Gasteiger partial charge is 0.212 e. The number of hydrogen-bond donors (Lipinski definition) is 2. The van der Waals surface area contributed by atoms with Gasteiger partial charge in [-0.1, -0.05) is 24.3 Å². The van der Waals surface area contributed by atoms with Crippen molar-refractivity contribution in [3.8, 4) is 11.6 Å². The first-order valence-corrected chi connectivity index (χ1v) is 8.50. The van der Waals surface area contributed by atoms with Gasteiger partial charge in [0.15, 0.2) is 5.96 Å². The first kappa shape index (κ1) is 22.0. The highest BCUT2D eigenvalue weighted by atomic mass is 127. The normalized spacial score (nSPS) is 10.6. The van der Waals surface area contributed by atoms with E-state index in [9.17, 15) is 0 Å². The van der Waals surface area contributed by atoms with E-state index in [1.807, 2.05) is 49.4 Å². The van der Waals surface area contributed by atoms with E-state index < -0.39 is 0 Å². The predicted molar refractivity (Wildman–Crippen MR) is 116 cm³/mol. The molecule has 2 rings (SSSR count). The Morgan fingerprint density at radius 3 is 2.58 bits per heavy atom. The van der Waals surface area contributed by atoms with E-state index in [4.69, 9.17) is 9.47 Å². The zero-order valence-electron chi connectivity index (χ0n) is 15.3. The SMILES string of the molecule is CCNC(=NCc1ccc(OC)nc1)NCCCOc1ccccc1.I. The molecule has 0 atom stereocenters. The minimum Gasteiger partial charge on any atom is -0.494 e. The number of methoxy groups -OCH3 is 1. The van der Waals surface area contributed by atoms with E-state index in [-0.39, 0.29) is 24.0 Å². The number of benzene rings is 1. The van der Waals surface area contributed by atoms with Gasteiger partial charge in [0, 0.05) is 25.4 Å². The number of nitrogens with zero attached hydrogens (tertiary/aromatic N) is 2. The molecule has 2 N–H and O–H groups in total. The van der Waals surface area contributed by atoms with Crippen LogP contribution in [0.4, 0.5) is 0 Å². The molecule has 0 fully saturated rings. The lowest BCUT2D eigenvalue weighted by Crippen LogP contribution is -2.38. The molecule has 0 aliphatic rings. The standard InChI is InChI=1S/C19H26N4O2.HI/c1-3-20-19(23-15-16-10-11-18(24-2)22-14-16)21-12-7-13-25-17-8-5-4-6-9-17;/h4-6,8-11,14H,3,7,12-13,15H2,1-2H3,(H2,20,21,23);1H. The van der Waals surface area contributed by atoms with Crippen molar-refractivity contribution in [3.05, 3.63) is 54.2 Å². The summed E-state index contributed by atoms with van der Waals surface area (Å²) in [4.78, 5) is 8.76. The third-order valence-corrected chi connectivity index (χ3v) is 3.40. The summed E-state index contributed by atoms with van der Waals surface area (Å²) in [5.74, 6) is 2.30. The zero-order valence-corrected chi connectivity index (χ0v) is 17.6. The summed E-state index contributed by atoms with van der Waals surface area (Å²) in [5.41, 5.74) is 1.03. The van der Waals surface area contributed by atoms with Gasteiger partial charge in [0.1, 0.15) is 5.75 Å². The van der Waals surface area contributed by atoms with Crippen LogP contribution < -0.4 is 20.1 Å². The molecule has 1 aromatic carbocycles. The Morgan fingerprint density at radius 1 is 1.12 bits per heavy atom. The molecule has 0 aliphatic carbocycles. The summed E-state index contributed by atoms with van der Waals surface area (Å²) in [6.45, 7) is 4.88. The van der Waals surface area contributed by atoms with E-state index in [1.54, 1.807) is 13.3 Å². The molecule has 26 heavy (non-hydrogen) atoms. The Morgan fingerprint density at radius 2 is 1.92 bits per heavy atom. The summed E-state index contributed by atoms with van der Waals surface area (Å²) in [6.07, 6.45) is 2.67. The van der Waals surface area contributed by atoms with Crippen molar-refractivity contribution in [2.45, 2.75) is 19.9 Å². The van der Waals surface area contributed by atoms with Crippen molar-refractivity contribution in [2.24, 2.45) is 4.99 Å². The number of ether oxygens (including phenoxy) is 2. The number of rotatable bonds is 9. The number of hydrogen-bond acceptors (Lipinski definition) is 4. The Balaban J connectivity index is 0.00000338. The van der Waals surface area contributed by atoms with Crippen LogP contribution in [-0.2, 0) is 6.54 Å². The van der Waals surface area contributed by atoms with Crippen LogP contribution >= 0.6 is 24.0 Å². The summed E-state index contributed by atoms with van der Waals surface area (Å²) in [5, 5.41) is 6.55. The van der Waals surface area contributed by atoms with Crippen LogP contribution in [0.15, 0.2) is 53.7 Å². The molecule has 6 nitrogen and oxygen atoms in total. The molecule has 142 valence electrons. The highest BCUT2D eigenvalue weighted by molar-refractivity contribution is 14.0. The summed E-state index contributed by atoms with van der Waals surface area (Å²) in [7, 11) is 1.61. The van der Waals surface area contributed by atoms with Crippen molar-refractivity contribution >= 4 is 29.9 Å². The van der Waals surface area contributed by atoms with Crippen LogP contribution in [0.2, 0.25) is 0 Å². The van der Waals surface area contributed by atoms with E-state index in [2.05, 4.69) is 20.6 Å². The Labute approximate surface area is 172 Å². The second-order valence-electron chi connectivity index (χ2n) is 5.35. The maximum atomic E-state index is 5.68. The molecule has 0 unspecified atom stereocenters. The molecule has 0 saturated carbocycles. The second kappa shape index (κ2) is 13.2. The lowest BCUT2D eigenvalue weighted by molar-refractivity contribution is 0.311. The molecular weight excluding hydrogens is 443 g/mol. The first-order chi connectivity index (χ1) is 12.3. The van der Waals surface area contributed by atoms with Crippen LogP contribution in [0.3, 0.4) is 0 Å². The van der Waals surface area contributed by atoms with Crippen molar-refractivity contribution in [1.82, 2.24) is 15.6 Å². The largest absolute Gasteiger partial charge is 0.494 e. The number of aliphatic imine (C=N–C) groups is 1. The van der Waals surface area contributed by atoms with Crippen LogP contribution in [0.5, 0.6) is 11.6 Å². The molecule has 0 radical (unpaired) electrons.